The molecule has 2 N–H and O–H groups in total. The first-order valence-corrected chi connectivity index (χ1v) is 5.57. The van der Waals surface area contributed by atoms with E-state index in [0.29, 0.717) is 5.92 Å². The first-order chi connectivity index (χ1) is 7.20. The highest BCUT2D eigenvalue weighted by atomic mass is 16.1. The van der Waals surface area contributed by atoms with Gasteiger partial charge in [0.05, 0.1) is 0 Å². The number of hydrogen-bond donors (Lipinski definition) is 2. The third-order valence-corrected chi connectivity index (χ3v) is 2.91. The van der Waals surface area contributed by atoms with Crippen LogP contribution in [0, 0.1) is 0 Å². The topological polar surface area (TPSA) is 62.7 Å². The monoisotopic (exact) mass is 210 g/mol. The number of nitrogens with one attached hydrogen (secondary N) is 2. The van der Waals surface area contributed by atoms with Crippen LogP contribution in [-0.2, 0) is 0 Å². The smallest absolute Gasteiger partial charge is 0.316 e. The second-order valence-corrected chi connectivity index (χ2v) is 4.39. The highest BCUT2D eigenvalue weighted by molar-refractivity contribution is 5.00. The maximum absolute atomic E-state index is 11.5. The van der Waals surface area contributed by atoms with Crippen LogP contribution < -0.4 is 11.0 Å². The molecule has 84 valence electrons. The molecule has 1 aromatic heterocycles. The maximum atomic E-state index is 11.5. The third-order valence-electron chi connectivity index (χ3n) is 2.91. The van der Waals surface area contributed by atoms with Crippen LogP contribution in [0.15, 0.2) is 4.79 Å². The number of hydrogen-bond acceptors (Lipinski definition) is 3. The Morgan fingerprint density at radius 3 is 2.93 bits per heavy atom. The Balaban J connectivity index is 2.30. The van der Waals surface area contributed by atoms with Gasteiger partial charge in [-0.2, -0.15) is 5.10 Å². The van der Waals surface area contributed by atoms with Gasteiger partial charge in [-0.3, -0.25) is 4.57 Å². The normalized spacial score (nSPS) is 22.2. The van der Waals surface area contributed by atoms with Crippen LogP contribution in [0.1, 0.15) is 44.5 Å². The molecule has 1 atom stereocenters. The summed E-state index contributed by atoms with van der Waals surface area (Å²) in [5.41, 5.74) is -0.0921. The number of H-pyrrole nitrogens is 1. The van der Waals surface area contributed by atoms with Crippen molar-refractivity contribution in [3.8, 4) is 0 Å². The molecule has 0 saturated carbocycles. The van der Waals surface area contributed by atoms with Crippen molar-refractivity contribution in [3.63, 3.8) is 0 Å². The van der Waals surface area contributed by atoms with Crippen LogP contribution in [0.4, 0.5) is 0 Å². The van der Waals surface area contributed by atoms with E-state index in [-0.39, 0.29) is 11.7 Å². The summed E-state index contributed by atoms with van der Waals surface area (Å²) < 4.78 is 1.76. The van der Waals surface area contributed by atoms with E-state index in [2.05, 4.69) is 15.5 Å². The van der Waals surface area contributed by atoms with Crippen molar-refractivity contribution in [2.24, 2.45) is 0 Å². The van der Waals surface area contributed by atoms with Gasteiger partial charge < -0.3 is 5.32 Å². The number of aromatic nitrogens is 3. The molecule has 1 unspecified atom stereocenters. The van der Waals surface area contributed by atoms with Crippen LogP contribution in [0.25, 0.3) is 0 Å². The summed E-state index contributed by atoms with van der Waals surface area (Å²) in [5, 5.41) is 10.0. The molecule has 15 heavy (non-hydrogen) atoms. The van der Waals surface area contributed by atoms with Crippen LogP contribution in [0.5, 0.6) is 0 Å². The lowest BCUT2D eigenvalue weighted by molar-refractivity contribution is 0.419. The fourth-order valence-electron chi connectivity index (χ4n) is 2.18. The van der Waals surface area contributed by atoms with Crippen molar-refractivity contribution in [3.05, 3.63) is 16.3 Å². The van der Waals surface area contributed by atoms with E-state index in [1.165, 1.54) is 0 Å². The molecule has 1 saturated heterocycles. The van der Waals surface area contributed by atoms with E-state index in [9.17, 15) is 4.79 Å². The summed E-state index contributed by atoms with van der Waals surface area (Å²) in [5.74, 6) is 1.28. The highest BCUT2D eigenvalue weighted by Crippen LogP contribution is 2.21. The average Bonchev–Trinajstić information content (AvgIpc) is 2.61. The summed E-state index contributed by atoms with van der Waals surface area (Å²) >= 11 is 0. The standard InChI is InChI=1S/C10H18N4O/c1-7(2)14-9(12-13-10(14)15)8-4-3-5-11-6-8/h7-8,11H,3-6H2,1-2H3,(H,13,15). The highest BCUT2D eigenvalue weighted by Gasteiger charge is 2.22. The van der Waals surface area contributed by atoms with E-state index in [1.54, 1.807) is 4.57 Å². The predicted octanol–water partition coefficient (Wildman–Crippen LogP) is 0.619. The largest absolute Gasteiger partial charge is 0.343 e. The van der Waals surface area contributed by atoms with Gasteiger partial charge in [-0.15, -0.1) is 0 Å². The second-order valence-electron chi connectivity index (χ2n) is 4.39. The molecule has 0 bridgehead atoms. The van der Waals surface area contributed by atoms with Crippen molar-refractivity contribution in [1.82, 2.24) is 20.1 Å². The molecule has 1 aliphatic rings. The fraction of sp³-hybridized carbons (Fsp3) is 0.800. The van der Waals surface area contributed by atoms with E-state index in [1.807, 2.05) is 13.8 Å². The molecule has 1 fully saturated rings. The van der Waals surface area contributed by atoms with Crippen LogP contribution in [0.2, 0.25) is 0 Å². The third kappa shape index (κ3) is 1.97. The Bertz CT molecular complexity index is 373. The second kappa shape index (κ2) is 4.18. The lowest BCUT2D eigenvalue weighted by Gasteiger charge is -2.23. The van der Waals surface area contributed by atoms with Crippen molar-refractivity contribution in [2.75, 3.05) is 13.1 Å². The first kappa shape index (κ1) is 10.4. The maximum Gasteiger partial charge on any atom is 0.343 e. The zero-order valence-corrected chi connectivity index (χ0v) is 9.29. The fourth-order valence-corrected chi connectivity index (χ4v) is 2.18. The number of nitrogens with zero attached hydrogens (tertiary/aromatic N) is 2. The Labute approximate surface area is 88.9 Å². The summed E-state index contributed by atoms with van der Waals surface area (Å²) in [6, 6.07) is 0.174. The zero-order chi connectivity index (χ0) is 10.8. The summed E-state index contributed by atoms with van der Waals surface area (Å²) in [6.07, 6.45) is 2.27. The van der Waals surface area contributed by atoms with E-state index < -0.39 is 0 Å². The minimum Gasteiger partial charge on any atom is -0.316 e. The molecule has 0 aliphatic carbocycles. The molecule has 5 nitrogen and oxygen atoms in total. The lowest BCUT2D eigenvalue weighted by Crippen LogP contribution is -2.31. The molecule has 1 aliphatic heterocycles. The Kier molecular flexibility index (Phi) is 2.90. The quantitative estimate of drug-likeness (QED) is 0.752. The number of piperidine rings is 1. The van der Waals surface area contributed by atoms with Crippen molar-refractivity contribution in [2.45, 2.75) is 38.6 Å². The molecule has 5 heteroatoms. The molecule has 0 spiro atoms. The molecule has 0 radical (unpaired) electrons. The Hall–Kier alpha value is -1.10. The minimum absolute atomic E-state index is 0.0921. The predicted molar refractivity (Wildman–Crippen MR) is 58.1 cm³/mol. The van der Waals surface area contributed by atoms with Crippen LogP contribution >= 0.6 is 0 Å². The van der Waals surface area contributed by atoms with Gasteiger partial charge in [0.25, 0.3) is 0 Å². The summed E-state index contributed by atoms with van der Waals surface area (Å²) in [6.45, 7) is 6.02. The van der Waals surface area contributed by atoms with E-state index in [4.69, 9.17) is 0 Å². The van der Waals surface area contributed by atoms with Gasteiger partial charge in [-0.1, -0.05) is 0 Å². The van der Waals surface area contributed by atoms with Gasteiger partial charge in [-0.05, 0) is 33.2 Å². The minimum atomic E-state index is -0.0921. The van der Waals surface area contributed by atoms with Gasteiger partial charge in [0.1, 0.15) is 5.82 Å². The Morgan fingerprint density at radius 1 is 1.53 bits per heavy atom. The molecule has 2 rings (SSSR count). The van der Waals surface area contributed by atoms with Crippen LogP contribution in [-0.4, -0.2) is 27.9 Å². The molecule has 0 amide bonds. The molecule has 2 heterocycles. The molecular weight excluding hydrogens is 192 g/mol. The van der Waals surface area contributed by atoms with Gasteiger partial charge in [0.15, 0.2) is 0 Å². The van der Waals surface area contributed by atoms with E-state index in [0.717, 1.165) is 31.8 Å². The van der Waals surface area contributed by atoms with Crippen molar-refractivity contribution in [1.29, 1.82) is 0 Å². The zero-order valence-electron chi connectivity index (χ0n) is 9.29. The number of rotatable bonds is 2. The summed E-state index contributed by atoms with van der Waals surface area (Å²) in [4.78, 5) is 11.5. The lowest BCUT2D eigenvalue weighted by atomic mass is 9.98. The van der Waals surface area contributed by atoms with Gasteiger partial charge >= 0.3 is 5.69 Å². The van der Waals surface area contributed by atoms with Gasteiger partial charge in [0.2, 0.25) is 0 Å². The molecule has 0 aromatic carbocycles. The average molecular weight is 210 g/mol. The number of aromatic amines is 1. The first-order valence-electron chi connectivity index (χ1n) is 5.57. The summed E-state index contributed by atoms with van der Waals surface area (Å²) in [7, 11) is 0. The van der Waals surface area contributed by atoms with Gasteiger partial charge in [0, 0.05) is 18.5 Å². The van der Waals surface area contributed by atoms with E-state index >= 15 is 0 Å². The van der Waals surface area contributed by atoms with Gasteiger partial charge in [-0.25, -0.2) is 9.89 Å². The SMILES string of the molecule is CC(C)n1c(C2CCCNC2)n[nH]c1=O. The van der Waals surface area contributed by atoms with Crippen LogP contribution in [0.3, 0.4) is 0 Å². The molecular formula is C10H18N4O. The Morgan fingerprint density at radius 2 is 2.33 bits per heavy atom. The van der Waals surface area contributed by atoms with Crippen molar-refractivity contribution >= 4 is 0 Å². The molecule has 1 aromatic rings. The van der Waals surface area contributed by atoms with Crippen molar-refractivity contribution < 1.29 is 0 Å².